The van der Waals surface area contributed by atoms with Crippen molar-refractivity contribution in [1.29, 1.82) is 5.26 Å². The predicted octanol–water partition coefficient (Wildman–Crippen LogP) is 6.06. The van der Waals surface area contributed by atoms with Crippen LogP contribution in [0.4, 0.5) is 5.69 Å². The topological polar surface area (TPSA) is 110 Å². The van der Waals surface area contributed by atoms with Crippen LogP contribution in [0, 0.1) is 45.8 Å². The normalized spacial score (nSPS) is 36.7. The van der Waals surface area contributed by atoms with Crippen molar-refractivity contribution in [3.05, 3.63) is 40.9 Å². The van der Waals surface area contributed by atoms with E-state index in [4.69, 9.17) is 11.6 Å². The number of aliphatic hydroxyl groups excluding tert-OH is 1. The lowest BCUT2D eigenvalue weighted by Gasteiger charge is -2.58. The molecule has 0 unspecified atom stereocenters. The van der Waals surface area contributed by atoms with Gasteiger partial charge in [-0.15, -0.1) is 0 Å². The van der Waals surface area contributed by atoms with Gasteiger partial charge in [-0.2, -0.15) is 15.5 Å². The van der Waals surface area contributed by atoms with Gasteiger partial charge in [0.2, 0.25) is 5.71 Å². The average molecular weight is 536 g/mol. The highest BCUT2D eigenvalue weighted by atomic mass is 35.5. The van der Waals surface area contributed by atoms with E-state index in [1.165, 1.54) is 18.4 Å². The molecule has 7 atom stereocenters. The molecule has 3 saturated carbocycles. The Morgan fingerprint density at radius 1 is 1.11 bits per heavy atom. The first-order chi connectivity index (χ1) is 18.2. The van der Waals surface area contributed by atoms with Gasteiger partial charge in [-0.1, -0.05) is 37.1 Å². The molecule has 8 heteroatoms. The summed E-state index contributed by atoms with van der Waals surface area (Å²) in [5.74, 6) is 1.66. The first-order valence-electron chi connectivity index (χ1n) is 13.9. The third-order valence-corrected chi connectivity index (χ3v) is 10.6. The third-order valence-electron chi connectivity index (χ3n) is 10.4. The lowest BCUT2D eigenvalue weighted by atomic mass is 9.47. The summed E-state index contributed by atoms with van der Waals surface area (Å²) in [5, 5.41) is 28.7. The Morgan fingerprint density at radius 3 is 2.61 bits per heavy atom. The van der Waals surface area contributed by atoms with Crippen LogP contribution in [0.15, 0.2) is 46.1 Å². The minimum absolute atomic E-state index is 0.150. The lowest BCUT2D eigenvalue weighted by molar-refractivity contribution is -0.114. The molecule has 0 bridgehead atoms. The summed E-state index contributed by atoms with van der Waals surface area (Å²) in [5.41, 5.74) is 8.42. The Kier molecular flexibility index (Phi) is 7.41. The Balaban J connectivity index is 1.26. The number of rotatable bonds is 5. The number of carbonyl (C=O) groups is 1. The fourth-order valence-corrected chi connectivity index (χ4v) is 8.50. The summed E-state index contributed by atoms with van der Waals surface area (Å²) in [6.07, 6.45) is 10.9. The van der Waals surface area contributed by atoms with E-state index in [1.807, 2.05) is 13.0 Å². The van der Waals surface area contributed by atoms with Crippen LogP contribution in [-0.2, 0) is 4.79 Å². The average Bonchev–Trinajstić information content (AvgIpc) is 3.26. The monoisotopic (exact) mass is 535 g/mol. The number of hydrogen-bond acceptors (Lipinski definition) is 6. The Bertz CT molecular complexity index is 1220. The van der Waals surface area contributed by atoms with Gasteiger partial charge in [0, 0.05) is 16.7 Å². The van der Waals surface area contributed by atoms with Crippen molar-refractivity contribution in [2.45, 2.75) is 78.2 Å². The summed E-state index contributed by atoms with van der Waals surface area (Å²) in [6, 6.07) is 8.68. The molecule has 0 aromatic heterocycles. The van der Waals surface area contributed by atoms with E-state index in [1.54, 1.807) is 24.3 Å². The molecule has 7 nitrogen and oxygen atoms in total. The highest BCUT2D eigenvalue weighted by molar-refractivity contribution is 6.45. The molecule has 38 heavy (non-hydrogen) atoms. The van der Waals surface area contributed by atoms with Crippen LogP contribution in [-0.4, -0.2) is 28.5 Å². The number of nitrogens with zero attached hydrogens (tertiary/aromatic N) is 3. The molecule has 4 aliphatic carbocycles. The van der Waals surface area contributed by atoms with Crippen molar-refractivity contribution in [1.82, 2.24) is 5.43 Å². The fraction of sp³-hybridized carbons (Fsp3) is 0.600. The van der Waals surface area contributed by atoms with Crippen LogP contribution in [0.5, 0.6) is 0 Å². The van der Waals surface area contributed by atoms with E-state index in [9.17, 15) is 15.2 Å². The van der Waals surface area contributed by atoms with Crippen molar-refractivity contribution < 1.29 is 9.90 Å². The standard InChI is InChI=1S/C30H38ClN5O2/c1-18(33-36-28(38)27(17-32)35-34-21-7-5-20(31)6-8-21)24-10-11-25-23-9-4-19-16-22(37)12-14-29(19,2)26(23)13-15-30(24,25)3/h4-8,22-26,34,37H,9-16H2,1-3H3,(H,36,38)/b33-18+,35-27+/t22-,23-,24+,25-,26-,29-,30+/m0/s1. The summed E-state index contributed by atoms with van der Waals surface area (Å²) in [4.78, 5) is 12.7. The Hall–Kier alpha value is -2.69. The maximum absolute atomic E-state index is 12.7. The van der Waals surface area contributed by atoms with E-state index in [0.29, 0.717) is 34.4 Å². The molecule has 0 aliphatic heterocycles. The number of hydrogen-bond donors (Lipinski definition) is 3. The third kappa shape index (κ3) is 4.78. The zero-order valence-electron chi connectivity index (χ0n) is 22.5. The van der Waals surface area contributed by atoms with Gasteiger partial charge in [0.25, 0.3) is 0 Å². The van der Waals surface area contributed by atoms with Crippen LogP contribution in [0.2, 0.25) is 5.02 Å². The van der Waals surface area contributed by atoms with Crippen LogP contribution >= 0.6 is 11.6 Å². The number of allylic oxidation sites excluding steroid dienone is 1. The van der Waals surface area contributed by atoms with Gasteiger partial charge in [0.1, 0.15) is 6.07 Å². The SMILES string of the molecule is C/C(=N\NC(=O)/C(C#N)=N/Nc1ccc(Cl)cc1)[C@H]1CC[C@H]2[C@@H]3CC=C4C[C@@H](O)CC[C@]4(C)[C@H]3CC[C@]12C. The molecule has 4 aliphatic rings. The van der Waals surface area contributed by atoms with Crippen molar-refractivity contribution in [3.63, 3.8) is 0 Å². The van der Waals surface area contributed by atoms with Crippen LogP contribution in [0.1, 0.15) is 72.1 Å². The zero-order valence-corrected chi connectivity index (χ0v) is 23.3. The number of hydrazone groups is 2. The van der Waals surface area contributed by atoms with Crippen LogP contribution in [0.3, 0.4) is 0 Å². The summed E-state index contributed by atoms with van der Waals surface area (Å²) in [6.45, 7) is 6.88. The number of amides is 1. The Morgan fingerprint density at radius 2 is 1.87 bits per heavy atom. The quantitative estimate of drug-likeness (QED) is 0.241. The van der Waals surface area contributed by atoms with Gasteiger partial charge in [0.15, 0.2) is 0 Å². The van der Waals surface area contributed by atoms with Gasteiger partial charge in [-0.05, 0) is 111 Å². The van der Waals surface area contributed by atoms with Gasteiger partial charge in [-0.25, -0.2) is 5.43 Å². The molecular weight excluding hydrogens is 498 g/mol. The molecule has 1 aromatic carbocycles. The molecule has 0 saturated heterocycles. The van der Waals surface area contributed by atoms with Crippen molar-refractivity contribution in [2.75, 3.05) is 5.43 Å². The second kappa shape index (κ2) is 10.5. The number of benzene rings is 1. The molecule has 5 rings (SSSR count). The van der Waals surface area contributed by atoms with E-state index in [2.05, 4.69) is 41.0 Å². The number of aliphatic hydroxyl groups is 1. The summed E-state index contributed by atoms with van der Waals surface area (Å²) >= 11 is 5.90. The van der Waals surface area contributed by atoms with Gasteiger partial charge in [-0.3, -0.25) is 10.2 Å². The molecule has 3 N–H and O–H groups in total. The van der Waals surface area contributed by atoms with Gasteiger partial charge < -0.3 is 5.11 Å². The molecule has 1 amide bonds. The summed E-state index contributed by atoms with van der Waals surface area (Å²) in [7, 11) is 0. The largest absolute Gasteiger partial charge is 0.393 e. The number of halogens is 1. The first-order valence-corrected chi connectivity index (χ1v) is 14.2. The highest BCUT2D eigenvalue weighted by Crippen LogP contribution is 2.66. The molecule has 1 aromatic rings. The number of carbonyl (C=O) groups excluding carboxylic acids is 1. The van der Waals surface area contributed by atoms with E-state index < -0.39 is 5.91 Å². The number of nitrogens with one attached hydrogen (secondary N) is 2. The maximum Gasteiger partial charge on any atom is 0.302 e. The van der Waals surface area contributed by atoms with Crippen molar-refractivity contribution in [3.8, 4) is 6.07 Å². The van der Waals surface area contributed by atoms with E-state index >= 15 is 0 Å². The fourth-order valence-electron chi connectivity index (χ4n) is 8.37. The molecule has 3 fully saturated rings. The van der Waals surface area contributed by atoms with Crippen molar-refractivity contribution in [2.24, 2.45) is 44.7 Å². The molecule has 0 radical (unpaired) electrons. The zero-order chi connectivity index (χ0) is 27.1. The summed E-state index contributed by atoms with van der Waals surface area (Å²) < 4.78 is 0. The number of nitriles is 1. The van der Waals surface area contributed by atoms with Gasteiger partial charge in [0.05, 0.1) is 11.8 Å². The predicted molar refractivity (Wildman–Crippen MR) is 151 cm³/mol. The first kappa shape index (κ1) is 26.9. The Labute approximate surface area is 230 Å². The maximum atomic E-state index is 12.7. The van der Waals surface area contributed by atoms with Crippen molar-refractivity contribution >= 4 is 34.6 Å². The molecule has 0 spiro atoms. The minimum Gasteiger partial charge on any atom is -0.393 e. The molecule has 202 valence electrons. The van der Waals surface area contributed by atoms with Crippen LogP contribution in [0.25, 0.3) is 0 Å². The second-order valence-corrected chi connectivity index (χ2v) is 12.7. The smallest absolute Gasteiger partial charge is 0.302 e. The van der Waals surface area contributed by atoms with Gasteiger partial charge >= 0.3 is 5.91 Å². The number of fused-ring (bicyclic) bond motifs is 5. The highest BCUT2D eigenvalue weighted by Gasteiger charge is 2.59. The molecule has 0 heterocycles. The minimum atomic E-state index is -0.630. The lowest BCUT2D eigenvalue weighted by Crippen LogP contribution is -2.51. The second-order valence-electron chi connectivity index (χ2n) is 12.2. The number of anilines is 1. The molecular formula is C30H38ClN5O2. The van der Waals surface area contributed by atoms with E-state index in [0.717, 1.165) is 44.2 Å². The van der Waals surface area contributed by atoms with E-state index in [-0.39, 0.29) is 22.6 Å². The van der Waals surface area contributed by atoms with Crippen LogP contribution < -0.4 is 10.9 Å².